The van der Waals surface area contributed by atoms with Gasteiger partial charge in [0.1, 0.15) is 0 Å². The van der Waals surface area contributed by atoms with Crippen molar-refractivity contribution in [2.45, 2.75) is 19.8 Å². The lowest BCUT2D eigenvalue weighted by atomic mass is 10.1. The van der Waals surface area contributed by atoms with Crippen molar-refractivity contribution in [3.63, 3.8) is 0 Å². The maximum Gasteiger partial charge on any atom is 0.193 e. The maximum absolute atomic E-state index is 5.29. The highest BCUT2D eigenvalue weighted by Crippen LogP contribution is 2.16. The molecule has 2 rings (SSSR count). The SMILES string of the molecule is CCNC(=NCCc1ccc(N(C)C)cc1)N1CCC(COC)C1.I. The lowest BCUT2D eigenvalue weighted by molar-refractivity contribution is 0.157. The molecule has 142 valence electrons. The van der Waals surface area contributed by atoms with Gasteiger partial charge in [0.05, 0.1) is 6.61 Å². The van der Waals surface area contributed by atoms with Crippen molar-refractivity contribution in [2.75, 3.05) is 58.9 Å². The molecule has 0 aromatic heterocycles. The van der Waals surface area contributed by atoms with E-state index in [-0.39, 0.29) is 24.0 Å². The molecule has 1 heterocycles. The molecule has 0 amide bonds. The van der Waals surface area contributed by atoms with E-state index in [1.807, 2.05) is 0 Å². The number of hydrogen-bond donors (Lipinski definition) is 1. The number of halogens is 1. The zero-order valence-electron chi connectivity index (χ0n) is 16.0. The molecule has 1 N–H and O–H groups in total. The highest BCUT2D eigenvalue weighted by atomic mass is 127. The van der Waals surface area contributed by atoms with E-state index in [0.29, 0.717) is 5.92 Å². The lowest BCUT2D eigenvalue weighted by Crippen LogP contribution is -2.40. The molecule has 1 aliphatic heterocycles. The number of methoxy groups -OCH3 is 1. The minimum atomic E-state index is 0. The Labute approximate surface area is 169 Å². The van der Waals surface area contributed by atoms with E-state index in [1.54, 1.807) is 7.11 Å². The van der Waals surface area contributed by atoms with Gasteiger partial charge in [-0.25, -0.2) is 0 Å². The number of nitrogens with one attached hydrogen (secondary N) is 1. The fraction of sp³-hybridized carbons (Fsp3) is 0.632. The number of guanidine groups is 1. The summed E-state index contributed by atoms with van der Waals surface area (Å²) in [6.45, 7) is 6.79. The van der Waals surface area contributed by atoms with Crippen LogP contribution in [0.5, 0.6) is 0 Å². The van der Waals surface area contributed by atoms with E-state index in [2.05, 4.69) is 60.4 Å². The minimum absolute atomic E-state index is 0. The summed E-state index contributed by atoms with van der Waals surface area (Å²) in [5.74, 6) is 1.67. The summed E-state index contributed by atoms with van der Waals surface area (Å²) in [5, 5.41) is 3.43. The second-order valence-electron chi connectivity index (χ2n) is 6.60. The maximum atomic E-state index is 5.29. The van der Waals surface area contributed by atoms with E-state index >= 15 is 0 Å². The van der Waals surface area contributed by atoms with Crippen LogP contribution in [0, 0.1) is 5.92 Å². The van der Waals surface area contributed by atoms with Crippen molar-refractivity contribution in [1.29, 1.82) is 0 Å². The van der Waals surface area contributed by atoms with Crippen LogP contribution in [0.4, 0.5) is 5.69 Å². The Hall–Kier alpha value is -1.02. The topological polar surface area (TPSA) is 40.1 Å². The van der Waals surface area contributed by atoms with E-state index in [1.165, 1.54) is 17.7 Å². The van der Waals surface area contributed by atoms with Crippen LogP contribution in [0.3, 0.4) is 0 Å². The zero-order valence-corrected chi connectivity index (χ0v) is 18.3. The summed E-state index contributed by atoms with van der Waals surface area (Å²) in [4.78, 5) is 9.31. The first-order valence-corrected chi connectivity index (χ1v) is 8.92. The summed E-state index contributed by atoms with van der Waals surface area (Å²) in [6, 6.07) is 8.73. The van der Waals surface area contributed by atoms with Gasteiger partial charge in [0.15, 0.2) is 5.96 Å². The van der Waals surface area contributed by atoms with Gasteiger partial charge in [-0.1, -0.05) is 12.1 Å². The number of ether oxygens (including phenoxy) is 1. The Morgan fingerprint density at radius 3 is 2.64 bits per heavy atom. The second-order valence-corrected chi connectivity index (χ2v) is 6.60. The molecule has 0 bridgehead atoms. The van der Waals surface area contributed by atoms with E-state index in [0.717, 1.165) is 45.2 Å². The molecule has 0 radical (unpaired) electrons. The average Bonchev–Trinajstić information content (AvgIpc) is 3.03. The number of nitrogens with zero attached hydrogens (tertiary/aromatic N) is 3. The minimum Gasteiger partial charge on any atom is -0.384 e. The van der Waals surface area contributed by atoms with Crippen LogP contribution in [0.15, 0.2) is 29.3 Å². The third-order valence-corrected chi connectivity index (χ3v) is 4.44. The van der Waals surface area contributed by atoms with Gasteiger partial charge in [0.2, 0.25) is 0 Å². The van der Waals surface area contributed by atoms with Gasteiger partial charge in [-0.05, 0) is 37.5 Å². The Morgan fingerprint density at radius 1 is 1.32 bits per heavy atom. The predicted molar refractivity (Wildman–Crippen MR) is 117 cm³/mol. The monoisotopic (exact) mass is 460 g/mol. The van der Waals surface area contributed by atoms with Gasteiger partial charge >= 0.3 is 0 Å². The van der Waals surface area contributed by atoms with Crippen molar-refractivity contribution in [3.8, 4) is 0 Å². The molecule has 1 aromatic carbocycles. The normalized spacial score (nSPS) is 17.4. The van der Waals surface area contributed by atoms with Crippen LogP contribution >= 0.6 is 24.0 Å². The molecule has 1 fully saturated rings. The number of likely N-dealkylation sites (tertiary alicyclic amines) is 1. The molecule has 0 aliphatic carbocycles. The van der Waals surface area contributed by atoms with Gasteiger partial charge in [0.25, 0.3) is 0 Å². The third kappa shape index (κ3) is 7.01. The van der Waals surface area contributed by atoms with Crippen molar-refractivity contribution < 1.29 is 4.74 Å². The van der Waals surface area contributed by atoms with Gasteiger partial charge in [-0.2, -0.15) is 0 Å². The largest absolute Gasteiger partial charge is 0.384 e. The van der Waals surface area contributed by atoms with Crippen LogP contribution in [0.25, 0.3) is 0 Å². The molecule has 6 heteroatoms. The zero-order chi connectivity index (χ0) is 17.4. The molecular weight excluding hydrogens is 427 g/mol. The van der Waals surface area contributed by atoms with Gasteiger partial charge < -0.3 is 19.9 Å². The van der Waals surface area contributed by atoms with Gasteiger partial charge in [-0.15, -0.1) is 24.0 Å². The number of aliphatic imine (C=N–C) groups is 1. The summed E-state index contributed by atoms with van der Waals surface area (Å²) in [6.07, 6.45) is 2.15. The Morgan fingerprint density at radius 2 is 2.04 bits per heavy atom. The van der Waals surface area contributed by atoms with Crippen LogP contribution < -0.4 is 10.2 Å². The first-order valence-electron chi connectivity index (χ1n) is 8.92. The molecule has 0 saturated carbocycles. The summed E-state index contributed by atoms with van der Waals surface area (Å²) >= 11 is 0. The molecule has 1 unspecified atom stereocenters. The molecular formula is C19H33IN4O. The van der Waals surface area contributed by atoms with E-state index < -0.39 is 0 Å². The van der Waals surface area contributed by atoms with Crippen molar-refractivity contribution in [1.82, 2.24) is 10.2 Å². The summed E-state index contributed by atoms with van der Waals surface area (Å²) in [5.41, 5.74) is 2.57. The van der Waals surface area contributed by atoms with Crippen LogP contribution in [-0.4, -0.2) is 64.9 Å². The van der Waals surface area contributed by atoms with Crippen LogP contribution in [0.1, 0.15) is 18.9 Å². The van der Waals surface area contributed by atoms with Gasteiger partial charge in [0, 0.05) is 59.0 Å². The molecule has 1 saturated heterocycles. The summed E-state index contributed by atoms with van der Waals surface area (Å²) in [7, 11) is 5.91. The number of hydrogen-bond acceptors (Lipinski definition) is 3. The Balaban J connectivity index is 0.00000312. The molecule has 0 spiro atoms. The smallest absolute Gasteiger partial charge is 0.193 e. The molecule has 5 nitrogen and oxygen atoms in total. The fourth-order valence-corrected chi connectivity index (χ4v) is 3.07. The molecule has 1 atom stereocenters. The van der Waals surface area contributed by atoms with E-state index in [9.17, 15) is 0 Å². The Bertz CT molecular complexity index is 519. The second kappa shape index (κ2) is 11.6. The van der Waals surface area contributed by atoms with Crippen molar-refractivity contribution >= 4 is 35.6 Å². The molecule has 1 aromatic rings. The highest BCUT2D eigenvalue weighted by Gasteiger charge is 2.24. The van der Waals surface area contributed by atoms with Crippen LogP contribution in [0.2, 0.25) is 0 Å². The number of benzene rings is 1. The number of anilines is 1. The quantitative estimate of drug-likeness (QED) is 0.386. The number of rotatable bonds is 7. The lowest BCUT2D eigenvalue weighted by Gasteiger charge is -2.21. The van der Waals surface area contributed by atoms with Crippen molar-refractivity contribution in [3.05, 3.63) is 29.8 Å². The highest BCUT2D eigenvalue weighted by molar-refractivity contribution is 14.0. The first-order chi connectivity index (χ1) is 11.6. The molecule has 1 aliphatic rings. The summed E-state index contributed by atoms with van der Waals surface area (Å²) < 4.78 is 5.29. The van der Waals surface area contributed by atoms with Gasteiger partial charge in [-0.3, -0.25) is 4.99 Å². The Kier molecular flexibility index (Phi) is 10.2. The standard InChI is InChI=1S/C19H32N4O.HI/c1-5-20-19(23-13-11-17(14-23)15-24-4)21-12-10-16-6-8-18(9-7-16)22(2)3;/h6-9,17H,5,10-15H2,1-4H3,(H,20,21);1H. The van der Waals surface area contributed by atoms with E-state index in [4.69, 9.17) is 9.73 Å². The molecule has 25 heavy (non-hydrogen) atoms. The fourth-order valence-electron chi connectivity index (χ4n) is 3.07. The average molecular weight is 460 g/mol. The first kappa shape index (κ1) is 22.0. The predicted octanol–water partition coefficient (Wildman–Crippen LogP) is 2.85. The third-order valence-electron chi connectivity index (χ3n) is 4.44. The van der Waals surface area contributed by atoms with Crippen LogP contribution in [-0.2, 0) is 11.2 Å². The van der Waals surface area contributed by atoms with Crippen molar-refractivity contribution in [2.24, 2.45) is 10.9 Å².